The number of anilines is 1. The molecular formula is C38H49F3N6O2. The molecule has 11 heteroatoms. The van der Waals surface area contributed by atoms with Crippen LogP contribution in [0.1, 0.15) is 55.2 Å². The lowest BCUT2D eigenvalue weighted by Gasteiger charge is -2.54. The quantitative estimate of drug-likeness (QED) is 0.338. The number of hydrogen-bond donors (Lipinski definition) is 1. The number of nitriles is 1. The first-order valence-corrected chi connectivity index (χ1v) is 18.1. The summed E-state index contributed by atoms with van der Waals surface area (Å²) in [5.74, 6) is -1.75. The smallest absolute Gasteiger partial charge is 0.407 e. The lowest BCUT2D eigenvalue weighted by atomic mass is 9.57. The number of nitrogens with one attached hydrogen (secondary N) is 1. The molecule has 1 unspecified atom stereocenters. The number of nitrogens with zero attached hydrogens (tertiary/aromatic N) is 5. The molecule has 5 aliphatic rings. The predicted octanol–water partition coefficient (Wildman–Crippen LogP) is 5.46. The Labute approximate surface area is 288 Å². The summed E-state index contributed by atoms with van der Waals surface area (Å²) in [4.78, 5) is 21.6. The molecule has 2 aromatic carbocycles. The molecule has 0 bridgehead atoms. The molecule has 5 fully saturated rings. The predicted molar refractivity (Wildman–Crippen MR) is 182 cm³/mol. The summed E-state index contributed by atoms with van der Waals surface area (Å²) in [6, 6.07) is 15.3. The van der Waals surface area contributed by atoms with Crippen LogP contribution in [0, 0.1) is 34.9 Å². The highest BCUT2D eigenvalue weighted by Gasteiger charge is 2.53. The zero-order valence-electron chi connectivity index (χ0n) is 28.6. The van der Waals surface area contributed by atoms with Crippen LogP contribution in [0.5, 0.6) is 0 Å². The number of alkyl carbamates (subject to hydrolysis) is 1. The number of rotatable bonds is 11. The average molecular weight is 679 g/mol. The molecule has 0 aromatic heterocycles. The fourth-order valence-electron chi connectivity index (χ4n) is 9.61. The summed E-state index contributed by atoms with van der Waals surface area (Å²) < 4.78 is 46.8. The zero-order valence-corrected chi connectivity index (χ0v) is 28.6. The number of halogens is 3. The van der Waals surface area contributed by atoms with Crippen molar-refractivity contribution >= 4 is 11.8 Å². The second-order valence-electron chi connectivity index (χ2n) is 15.3. The van der Waals surface area contributed by atoms with Gasteiger partial charge in [0.25, 0.3) is 5.92 Å². The van der Waals surface area contributed by atoms with Crippen LogP contribution >= 0.6 is 0 Å². The number of ether oxygens (including phenoxy) is 1. The lowest BCUT2D eigenvalue weighted by molar-refractivity contribution is -0.133. The Balaban J connectivity index is 1.02. The van der Waals surface area contributed by atoms with Gasteiger partial charge in [-0.15, -0.1) is 0 Å². The molecule has 1 aliphatic carbocycles. The molecule has 3 atom stereocenters. The maximum atomic E-state index is 15.0. The van der Waals surface area contributed by atoms with Crippen LogP contribution in [0.2, 0.25) is 0 Å². The summed E-state index contributed by atoms with van der Waals surface area (Å²) in [5, 5.41) is 12.8. The second-order valence-corrected chi connectivity index (χ2v) is 15.3. The van der Waals surface area contributed by atoms with Crippen LogP contribution in [0.25, 0.3) is 0 Å². The Morgan fingerprint density at radius 2 is 1.78 bits per heavy atom. The van der Waals surface area contributed by atoms with Crippen LogP contribution in [0.15, 0.2) is 42.5 Å². The van der Waals surface area contributed by atoms with Crippen molar-refractivity contribution in [3.63, 3.8) is 0 Å². The van der Waals surface area contributed by atoms with Crippen LogP contribution < -0.4 is 10.2 Å². The van der Waals surface area contributed by atoms with Crippen molar-refractivity contribution in [1.29, 1.82) is 5.26 Å². The normalized spacial score (nSPS) is 26.2. The Morgan fingerprint density at radius 3 is 2.43 bits per heavy atom. The van der Waals surface area contributed by atoms with E-state index in [1.807, 2.05) is 24.3 Å². The molecule has 4 saturated heterocycles. The number of piperidine rings is 1. The summed E-state index contributed by atoms with van der Waals surface area (Å²) >= 11 is 0. The molecule has 264 valence electrons. The highest BCUT2D eigenvalue weighted by atomic mass is 19.3. The first-order valence-electron chi connectivity index (χ1n) is 18.1. The third kappa shape index (κ3) is 7.15. The van der Waals surface area contributed by atoms with Crippen molar-refractivity contribution in [3.8, 4) is 6.07 Å². The Morgan fingerprint density at radius 1 is 1.00 bits per heavy atom. The van der Waals surface area contributed by atoms with E-state index in [-0.39, 0.29) is 36.3 Å². The molecule has 4 heterocycles. The van der Waals surface area contributed by atoms with Crippen molar-refractivity contribution in [3.05, 3.63) is 65.0 Å². The van der Waals surface area contributed by atoms with Gasteiger partial charge in [-0.1, -0.05) is 18.6 Å². The fraction of sp³-hybridized carbons (Fsp3) is 0.632. The van der Waals surface area contributed by atoms with Gasteiger partial charge in [-0.05, 0) is 112 Å². The first kappa shape index (κ1) is 34.1. The third-order valence-electron chi connectivity index (χ3n) is 12.1. The highest BCUT2D eigenvalue weighted by Crippen LogP contribution is 2.51. The van der Waals surface area contributed by atoms with Gasteiger partial charge in [-0.2, -0.15) is 5.26 Å². The number of carbonyl (C=O) groups excluding carboxylic acids is 1. The Kier molecular flexibility index (Phi) is 9.84. The molecule has 1 N–H and O–H groups in total. The van der Waals surface area contributed by atoms with Crippen LogP contribution in [0.4, 0.5) is 23.7 Å². The monoisotopic (exact) mass is 678 g/mol. The van der Waals surface area contributed by atoms with E-state index in [1.54, 1.807) is 11.0 Å². The number of hydrogen-bond acceptors (Lipinski definition) is 7. The number of methoxy groups -OCH3 is 1. The number of benzene rings is 2. The lowest BCUT2D eigenvalue weighted by Crippen LogP contribution is -2.60. The summed E-state index contributed by atoms with van der Waals surface area (Å²) in [6.07, 6.45) is 5.78. The minimum atomic E-state index is -2.63. The van der Waals surface area contributed by atoms with E-state index >= 15 is 0 Å². The van der Waals surface area contributed by atoms with Crippen molar-refractivity contribution < 1.29 is 22.7 Å². The van der Waals surface area contributed by atoms with Gasteiger partial charge in [0.05, 0.1) is 31.8 Å². The molecule has 49 heavy (non-hydrogen) atoms. The van der Waals surface area contributed by atoms with E-state index in [0.29, 0.717) is 23.9 Å². The van der Waals surface area contributed by atoms with E-state index in [2.05, 4.69) is 32.2 Å². The molecule has 0 radical (unpaired) electrons. The molecule has 7 rings (SSSR count). The Bertz CT molecular complexity index is 1530. The van der Waals surface area contributed by atoms with Gasteiger partial charge in [-0.25, -0.2) is 18.0 Å². The summed E-state index contributed by atoms with van der Waals surface area (Å²) in [7, 11) is 1.41. The van der Waals surface area contributed by atoms with E-state index in [4.69, 9.17) is 4.74 Å². The molecule has 0 spiro atoms. The molecule has 1 saturated carbocycles. The minimum absolute atomic E-state index is 0.00873. The summed E-state index contributed by atoms with van der Waals surface area (Å²) in [6.45, 7) is 7.72. The number of alkyl halides is 2. The van der Waals surface area contributed by atoms with Crippen LogP contribution in [-0.2, 0) is 16.7 Å². The third-order valence-corrected chi connectivity index (χ3v) is 12.1. The zero-order chi connectivity index (χ0) is 34.2. The van der Waals surface area contributed by atoms with E-state index in [1.165, 1.54) is 19.6 Å². The molecule has 4 aliphatic heterocycles. The number of carbonyl (C=O) groups is 1. The highest BCUT2D eigenvalue weighted by molar-refractivity contribution is 5.67. The summed E-state index contributed by atoms with van der Waals surface area (Å²) in [5.41, 5.74) is 3.21. The van der Waals surface area contributed by atoms with Crippen molar-refractivity contribution in [2.24, 2.45) is 17.8 Å². The minimum Gasteiger partial charge on any atom is -0.453 e. The molecular weight excluding hydrogens is 629 g/mol. The molecule has 2 aromatic rings. The number of amides is 1. The van der Waals surface area contributed by atoms with Gasteiger partial charge in [0.2, 0.25) is 0 Å². The fourth-order valence-corrected chi connectivity index (χ4v) is 9.61. The topological polar surface area (TPSA) is 75.1 Å². The van der Waals surface area contributed by atoms with Gasteiger partial charge in [0, 0.05) is 55.8 Å². The SMILES string of the molecule is COC(=O)N[C@H]1CCC[C@@H]1C(CN1CCC1)(c1cccc(F)c1)C1CCN(CC2CN(c3ccc(C#N)c(CN4CC(F)(F)C4)c3)C2)CC1. The van der Waals surface area contributed by atoms with Crippen molar-refractivity contribution in [2.75, 3.05) is 77.5 Å². The number of likely N-dealkylation sites (tertiary alicyclic amines) is 3. The van der Waals surface area contributed by atoms with Gasteiger partial charge < -0.3 is 24.8 Å². The van der Waals surface area contributed by atoms with E-state index < -0.39 is 12.0 Å². The average Bonchev–Trinajstić information content (AvgIpc) is 3.50. The van der Waals surface area contributed by atoms with Gasteiger partial charge in [0.1, 0.15) is 5.82 Å². The standard InChI is InChI=1S/C38H49F3N6O2/c1-49-36(48)43-35-8-3-7-34(35)38(26-45-13-4-14-45,31-5-2-6-32(39)18-31)30-11-15-44(16-12-30)20-27-21-47(22-27)33-10-9-28(19-42)29(17-33)23-46-24-37(40,41)25-46/h2,5-6,9-10,17-18,27,30,34-35H,3-4,7-8,11-16,20-26H2,1H3,(H,43,48)/t34-,35-,38?/m0/s1. The van der Waals surface area contributed by atoms with E-state index in [9.17, 15) is 23.2 Å². The second kappa shape index (κ2) is 14.1. The van der Waals surface area contributed by atoms with Crippen LogP contribution in [0.3, 0.4) is 0 Å². The molecule has 1 amide bonds. The largest absolute Gasteiger partial charge is 0.453 e. The van der Waals surface area contributed by atoms with E-state index in [0.717, 1.165) is 101 Å². The van der Waals surface area contributed by atoms with Crippen molar-refractivity contribution in [1.82, 2.24) is 20.0 Å². The Hall–Kier alpha value is -3.33. The maximum absolute atomic E-state index is 15.0. The first-order chi connectivity index (χ1) is 23.7. The maximum Gasteiger partial charge on any atom is 0.407 e. The van der Waals surface area contributed by atoms with Gasteiger partial charge >= 0.3 is 6.09 Å². The van der Waals surface area contributed by atoms with Gasteiger partial charge in [0.15, 0.2) is 0 Å². The van der Waals surface area contributed by atoms with Crippen LogP contribution in [-0.4, -0.2) is 105 Å². The van der Waals surface area contributed by atoms with Gasteiger partial charge in [-0.3, -0.25) is 4.90 Å². The van der Waals surface area contributed by atoms with Crippen molar-refractivity contribution in [2.45, 2.75) is 62.4 Å². The molecule has 8 nitrogen and oxygen atoms in total.